The lowest BCUT2D eigenvalue weighted by molar-refractivity contribution is 0.102. The van der Waals surface area contributed by atoms with E-state index in [-0.39, 0.29) is 5.91 Å². The van der Waals surface area contributed by atoms with E-state index in [0.717, 1.165) is 17.0 Å². The van der Waals surface area contributed by atoms with Gasteiger partial charge in [0.15, 0.2) is 5.13 Å². The standard InChI is InChI=1S/C13H14ClN3OS/c1-3-11-7(2)19-13(16-11)17-12(18)9-6-8(15)4-5-10(9)14/h4-6H,3,15H2,1-2H3,(H,16,17,18). The van der Waals surface area contributed by atoms with E-state index in [4.69, 9.17) is 17.3 Å². The van der Waals surface area contributed by atoms with Crippen LogP contribution in [0.4, 0.5) is 10.8 Å². The average Bonchev–Trinajstić information content (AvgIpc) is 2.72. The van der Waals surface area contributed by atoms with Gasteiger partial charge in [0.25, 0.3) is 5.91 Å². The molecule has 0 fully saturated rings. The summed E-state index contributed by atoms with van der Waals surface area (Å²) < 4.78 is 0. The maximum Gasteiger partial charge on any atom is 0.259 e. The molecule has 1 amide bonds. The van der Waals surface area contributed by atoms with Gasteiger partial charge >= 0.3 is 0 Å². The molecule has 1 aromatic carbocycles. The second-order valence-electron chi connectivity index (χ2n) is 4.07. The van der Waals surface area contributed by atoms with Crippen LogP contribution < -0.4 is 11.1 Å². The smallest absolute Gasteiger partial charge is 0.259 e. The number of halogens is 1. The van der Waals surface area contributed by atoms with E-state index in [9.17, 15) is 4.79 Å². The Balaban J connectivity index is 2.22. The monoisotopic (exact) mass is 295 g/mol. The van der Waals surface area contributed by atoms with Gasteiger partial charge in [-0.2, -0.15) is 0 Å². The topological polar surface area (TPSA) is 68.0 Å². The third-order valence-electron chi connectivity index (χ3n) is 2.68. The first kappa shape index (κ1) is 13.8. The zero-order valence-corrected chi connectivity index (χ0v) is 12.2. The van der Waals surface area contributed by atoms with Crippen molar-refractivity contribution in [3.8, 4) is 0 Å². The summed E-state index contributed by atoms with van der Waals surface area (Å²) in [5.41, 5.74) is 7.51. The molecule has 0 spiro atoms. The third-order valence-corrected chi connectivity index (χ3v) is 3.94. The van der Waals surface area contributed by atoms with Crippen LogP contribution in [0, 0.1) is 6.92 Å². The van der Waals surface area contributed by atoms with Crippen molar-refractivity contribution in [3.63, 3.8) is 0 Å². The number of aryl methyl sites for hydroxylation is 2. The Morgan fingerprint density at radius 3 is 2.89 bits per heavy atom. The van der Waals surface area contributed by atoms with E-state index in [1.165, 1.54) is 11.3 Å². The lowest BCUT2D eigenvalue weighted by Crippen LogP contribution is -2.12. The molecule has 100 valence electrons. The van der Waals surface area contributed by atoms with Crippen LogP contribution in [0.2, 0.25) is 5.02 Å². The number of amides is 1. The molecule has 0 unspecified atom stereocenters. The summed E-state index contributed by atoms with van der Waals surface area (Å²) in [7, 11) is 0. The molecular weight excluding hydrogens is 282 g/mol. The number of rotatable bonds is 3. The number of anilines is 2. The molecule has 0 saturated heterocycles. The van der Waals surface area contributed by atoms with Gasteiger partial charge in [-0.3, -0.25) is 10.1 Å². The van der Waals surface area contributed by atoms with Crippen molar-refractivity contribution in [3.05, 3.63) is 39.4 Å². The van der Waals surface area contributed by atoms with Crippen LogP contribution in [-0.4, -0.2) is 10.9 Å². The summed E-state index contributed by atoms with van der Waals surface area (Å²) in [5, 5.41) is 3.70. The Kier molecular flexibility index (Phi) is 4.07. The second-order valence-corrected chi connectivity index (χ2v) is 5.68. The number of thiazole rings is 1. The zero-order chi connectivity index (χ0) is 14.0. The number of nitrogens with zero attached hydrogens (tertiary/aromatic N) is 1. The predicted octanol–water partition coefficient (Wildman–Crippen LogP) is 3.50. The van der Waals surface area contributed by atoms with E-state index in [0.29, 0.717) is 21.4 Å². The van der Waals surface area contributed by atoms with E-state index in [2.05, 4.69) is 10.3 Å². The number of carbonyl (C=O) groups is 1. The highest BCUT2D eigenvalue weighted by Gasteiger charge is 2.14. The van der Waals surface area contributed by atoms with Crippen molar-refractivity contribution in [2.75, 3.05) is 11.1 Å². The van der Waals surface area contributed by atoms with Crippen LogP contribution >= 0.6 is 22.9 Å². The van der Waals surface area contributed by atoms with E-state index < -0.39 is 0 Å². The highest BCUT2D eigenvalue weighted by atomic mass is 35.5. The number of hydrogen-bond donors (Lipinski definition) is 2. The molecule has 0 saturated carbocycles. The first-order chi connectivity index (χ1) is 9.01. The molecule has 19 heavy (non-hydrogen) atoms. The van der Waals surface area contributed by atoms with E-state index in [1.54, 1.807) is 18.2 Å². The van der Waals surface area contributed by atoms with Crippen molar-refractivity contribution < 1.29 is 4.79 Å². The van der Waals surface area contributed by atoms with Gasteiger partial charge in [0.1, 0.15) is 0 Å². The quantitative estimate of drug-likeness (QED) is 0.852. The van der Waals surface area contributed by atoms with Crippen molar-refractivity contribution in [2.24, 2.45) is 0 Å². The largest absolute Gasteiger partial charge is 0.399 e. The summed E-state index contributed by atoms with van der Waals surface area (Å²) in [6, 6.07) is 4.82. The number of hydrogen-bond acceptors (Lipinski definition) is 4. The Labute approximate surface area is 120 Å². The van der Waals surface area contributed by atoms with Gasteiger partial charge in [-0.15, -0.1) is 11.3 Å². The molecule has 1 heterocycles. The number of carbonyl (C=O) groups excluding carboxylic acids is 1. The van der Waals surface area contributed by atoms with Gasteiger partial charge in [0.2, 0.25) is 0 Å². The van der Waals surface area contributed by atoms with E-state index >= 15 is 0 Å². The van der Waals surface area contributed by atoms with Crippen molar-refractivity contribution >= 4 is 39.7 Å². The molecule has 0 atom stereocenters. The minimum Gasteiger partial charge on any atom is -0.399 e. The van der Waals surface area contributed by atoms with Crippen LogP contribution in [-0.2, 0) is 6.42 Å². The maximum atomic E-state index is 12.1. The SMILES string of the molecule is CCc1nc(NC(=O)c2cc(N)ccc2Cl)sc1C. The Morgan fingerprint density at radius 2 is 2.26 bits per heavy atom. The van der Waals surface area contributed by atoms with Crippen LogP contribution in [0.5, 0.6) is 0 Å². The molecular formula is C13H14ClN3OS. The molecule has 6 heteroatoms. The summed E-state index contributed by atoms with van der Waals surface area (Å²) in [5.74, 6) is -0.297. The molecule has 2 aromatic rings. The minimum absolute atomic E-state index is 0.297. The molecule has 1 aromatic heterocycles. The van der Waals surface area contributed by atoms with Crippen LogP contribution in [0.1, 0.15) is 27.9 Å². The number of nitrogen functional groups attached to an aromatic ring is 1. The van der Waals surface area contributed by atoms with E-state index in [1.807, 2.05) is 13.8 Å². The normalized spacial score (nSPS) is 10.5. The van der Waals surface area contributed by atoms with Gasteiger partial charge in [-0.05, 0) is 31.5 Å². The average molecular weight is 296 g/mol. The Hall–Kier alpha value is -1.59. The van der Waals surface area contributed by atoms with Crippen molar-refractivity contribution in [1.82, 2.24) is 4.98 Å². The highest BCUT2D eigenvalue weighted by molar-refractivity contribution is 7.15. The minimum atomic E-state index is -0.297. The van der Waals surface area contributed by atoms with Gasteiger partial charge in [-0.1, -0.05) is 18.5 Å². The summed E-state index contributed by atoms with van der Waals surface area (Å²) in [6.45, 7) is 4.02. The molecule has 0 aliphatic rings. The lowest BCUT2D eigenvalue weighted by atomic mass is 10.2. The highest BCUT2D eigenvalue weighted by Crippen LogP contribution is 2.25. The van der Waals surface area contributed by atoms with Crippen LogP contribution in [0.25, 0.3) is 0 Å². The third kappa shape index (κ3) is 3.05. The van der Waals surface area contributed by atoms with Crippen molar-refractivity contribution in [1.29, 1.82) is 0 Å². The Morgan fingerprint density at radius 1 is 1.53 bits per heavy atom. The fourth-order valence-corrected chi connectivity index (χ4v) is 2.79. The summed E-state index contributed by atoms with van der Waals surface area (Å²) >= 11 is 7.44. The first-order valence-corrected chi connectivity index (χ1v) is 7.03. The van der Waals surface area contributed by atoms with Gasteiger partial charge in [0, 0.05) is 10.6 Å². The summed E-state index contributed by atoms with van der Waals surface area (Å²) in [4.78, 5) is 17.6. The van der Waals surface area contributed by atoms with Gasteiger partial charge in [-0.25, -0.2) is 4.98 Å². The van der Waals surface area contributed by atoms with Gasteiger partial charge < -0.3 is 5.73 Å². The lowest BCUT2D eigenvalue weighted by Gasteiger charge is -2.04. The predicted molar refractivity (Wildman–Crippen MR) is 80.0 cm³/mol. The maximum absolute atomic E-state index is 12.1. The molecule has 0 bridgehead atoms. The number of aromatic nitrogens is 1. The molecule has 0 aliphatic heterocycles. The molecule has 2 rings (SSSR count). The Bertz CT molecular complexity index is 624. The van der Waals surface area contributed by atoms with Crippen LogP contribution in [0.3, 0.4) is 0 Å². The summed E-state index contributed by atoms with van der Waals surface area (Å²) in [6.07, 6.45) is 0.844. The second kappa shape index (κ2) is 5.59. The molecule has 4 nitrogen and oxygen atoms in total. The number of nitrogens with one attached hydrogen (secondary N) is 1. The number of nitrogens with two attached hydrogens (primary N) is 1. The van der Waals surface area contributed by atoms with Crippen molar-refractivity contribution in [2.45, 2.75) is 20.3 Å². The van der Waals surface area contributed by atoms with Crippen LogP contribution in [0.15, 0.2) is 18.2 Å². The fraction of sp³-hybridized carbons (Fsp3) is 0.231. The van der Waals surface area contributed by atoms with Gasteiger partial charge in [0.05, 0.1) is 16.3 Å². The number of benzene rings is 1. The molecule has 0 radical (unpaired) electrons. The fourth-order valence-electron chi connectivity index (χ4n) is 1.69. The molecule has 3 N–H and O–H groups in total. The zero-order valence-electron chi connectivity index (χ0n) is 10.7. The molecule has 0 aliphatic carbocycles. The first-order valence-electron chi connectivity index (χ1n) is 5.84.